The predicted molar refractivity (Wildman–Crippen MR) is 85.0 cm³/mol. The van der Waals surface area contributed by atoms with Crippen LogP contribution in [-0.4, -0.2) is 56.6 Å². The van der Waals surface area contributed by atoms with Crippen molar-refractivity contribution in [3.63, 3.8) is 0 Å². The van der Waals surface area contributed by atoms with Crippen LogP contribution in [0.5, 0.6) is 0 Å². The molecule has 1 aliphatic heterocycles. The topological polar surface area (TPSA) is 46.0 Å². The van der Waals surface area contributed by atoms with E-state index in [1.54, 1.807) is 0 Å². The predicted octanol–water partition coefficient (Wildman–Crippen LogP) is 1.61. The highest BCUT2D eigenvalue weighted by molar-refractivity contribution is 8.00. The van der Waals surface area contributed by atoms with Gasteiger partial charge in [0, 0.05) is 42.9 Å². The van der Waals surface area contributed by atoms with Crippen molar-refractivity contribution in [3.05, 3.63) is 11.9 Å². The minimum Gasteiger partial charge on any atom is -0.311 e. The van der Waals surface area contributed by atoms with Crippen LogP contribution in [0, 0.1) is 0 Å². The lowest BCUT2D eigenvalue weighted by Crippen LogP contribution is -2.44. The second-order valence-corrected chi connectivity index (χ2v) is 7.84. The molecule has 5 nitrogen and oxygen atoms in total. The Morgan fingerprint density at radius 3 is 3.00 bits per heavy atom. The standard InChI is InChI=1S/C14H27N5S/c1-4-5-15-10-13-11-19(17-16-13)7-6-18-8-9-20-14(2,3)12-18/h11,15H,4-10,12H2,1-3H3. The van der Waals surface area contributed by atoms with Gasteiger partial charge in [0.2, 0.25) is 0 Å². The first-order valence-corrected chi connectivity index (χ1v) is 8.54. The Hall–Kier alpha value is -0.590. The average molecular weight is 297 g/mol. The molecule has 1 aromatic rings. The maximum atomic E-state index is 4.21. The van der Waals surface area contributed by atoms with Gasteiger partial charge >= 0.3 is 0 Å². The highest BCUT2D eigenvalue weighted by Crippen LogP contribution is 2.29. The van der Waals surface area contributed by atoms with Crippen LogP contribution in [0.1, 0.15) is 32.9 Å². The Morgan fingerprint density at radius 1 is 1.40 bits per heavy atom. The molecule has 1 aliphatic rings. The zero-order valence-electron chi connectivity index (χ0n) is 12.9. The molecule has 0 aliphatic carbocycles. The Morgan fingerprint density at radius 2 is 2.25 bits per heavy atom. The van der Waals surface area contributed by atoms with E-state index in [2.05, 4.69) is 59.3 Å². The molecule has 1 saturated heterocycles. The maximum absolute atomic E-state index is 4.21. The summed E-state index contributed by atoms with van der Waals surface area (Å²) in [6.45, 7) is 13.0. The summed E-state index contributed by atoms with van der Waals surface area (Å²) in [6, 6.07) is 0. The quantitative estimate of drug-likeness (QED) is 0.775. The molecule has 0 amide bonds. The van der Waals surface area contributed by atoms with Crippen molar-refractivity contribution in [2.24, 2.45) is 0 Å². The Bertz CT molecular complexity index is 404. The summed E-state index contributed by atoms with van der Waals surface area (Å²) in [5.74, 6) is 1.23. The first kappa shape index (κ1) is 15.8. The van der Waals surface area contributed by atoms with Crippen molar-refractivity contribution >= 4 is 11.8 Å². The molecule has 0 radical (unpaired) electrons. The van der Waals surface area contributed by atoms with Crippen LogP contribution in [0.15, 0.2) is 6.20 Å². The van der Waals surface area contributed by atoms with Crippen molar-refractivity contribution < 1.29 is 0 Å². The van der Waals surface area contributed by atoms with Crippen LogP contribution in [0.3, 0.4) is 0 Å². The van der Waals surface area contributed by atoms with Gasteiger partial charge in [-0.3, -0.25) is 9.58 Å². The van der Waals surface area contributed by atoms with Crippen LogP contribution in [0.2, 0.25) is 0 Å². The number of hydrogen-bond donors (Lipinski definition) is 1. The minimum absolute atomic E-state index is 0.385. The van der Waals surface area contributed by atoms with E-state index in [-0.39, 0.29) is 0 Å². The van der Waals surface area contributed by atoms with Gasteiger partial charge in [-0.2, -0.15) is 11.8 Å². The second-order valence-electron chi connectivity index (χ2n) is 6.03. The number of nitrogens with zero attached hydrogens (tertiary/aromatic N) is 4. The number of rotatable bonds is 7. The van der Waals surface area contributed by atoms with Gasteiger partial charge in [-0.1, -0.05) is 12.1 Å². The first-order chi connectivity index (χ1) is 9.59. The maximum Gasteiger partial charge on any atom is 0.0964 e. The molecule has 0 bridgehead atoms. The number of thioether (sulfide) groups is 1. The normalized spacial score (nSPS) is 19.4. The highest BCUT2D eigenvalue weighted by Gasteiger charge is 2.26. The summed E-state index contributed by atoms with van der Waals surface area (Å²) < 4.78 is 2.35. The molecule has 2 heterocycles. The third-order valence-corrected chi connectivity index (χ3v) is 4.77. The van der Waals surface area contributed by atoms with E-state index in [0.29, 0.717) is 4.75 Å². The fourth-order valence-corrected chi connectivity index (χ4v) is 3.65. The van der Waals surface area contributed by atoms with Gasteiger partial charge in [-0.05, 0) is 26.8 Å². The van der Waals surface area contributed by atoms with E-state index in [4.69, 9.17) is 0 Å². The van der Waals surface area contributed by atoms with Gasteiger partial charge in [0.25, 0.3) is 0 Å². The van der Waals surface area contributed by atoms with Crippen molar-refractivity contribution in [1.29, 1.82) is 0 Å². The van der Waals surface area contributed by atoms with E-state index in [1.165, 1.54) is 12.3 Å². The largest absolute Gasteiger partial charge is 0.311 e. The third-order valence-electron chi connectivity index (χ3n) is 3.47. The number of nitrogens with one attached hydrogen (secondary N) is 1. The van der Waals surface area contributed by atoms with Gasteiger partial charge in [-0.25, -0.2) is 0 Å². The van der Waals surface area contributed by atoms with E-state index < -0.39 is 0 Å². The molecule has 0 unspecified atom stereocenters. The van der Waals surface area contributed by atoms with Crippen molar-refractivity contribution in [1.82, 2.24) is 25.2 Å². The Kier molecular flexibility index (Phi) is 5.86. The van der Waals surface area contributed by atoms with Crippen molar-refractivity contribution in [2.75, 3.05) is 31.9 Å². The number of aromatic nitrogens is 3. The molecule has 1 aromatic heterocycles. The molecule has 20 heavy (non-hydrogen) atoms. The second kappa shape index (κ2) is 7.43. The fraction of sp³-hybridized carbons (Fsp3) is 0.857. The first-order valence-electron chi connectivity index (χ1n) is 7.55. The summed E-state index contributed by atoms with van der Waals surface area (Å²) in [4.78, 5) is 2.53. The molecule has 114 valence electrons. The molecular formula is C14H27N5S. The summed E-state index contributed by atoms with van der Waals surface area (Å²) in [5.41, 5.74) is 1.04. The third kappa shape index (κ3) is 5.07. The van der Waals surface area contributed by atoms with Crippen LogP contribution >= 0.6 is 11.8 Å². The Balaban J connectivity index is 1.73. The van der Waals surface area contributed by atoms with E-state index >= 15 is 0 Å². The van der Waals surface area contributed by atoms with E-state index in [0.717, 1.165) is 44.8 Å². The molecular weight excluding hydrogens is 270 g/mol. The lowest BCUT2D eigenvalue weighted by atomic mass is 10.2. The minimum atomic E-state index is 0.385. The summed E-state index contributed by atoms with van der Waals surface area (Å²) in [5, 5.41) is 11.8. The van der Waals surface area contributed by atoms with Crippen LogP contribution < -0.4 is 5.32 Å². The van der Waals surface area contributed by atoms with Crippen LogP contribution in [0.25, 0.3) is 0 Å². The summed E-state index contributed by atoms with van der Waals surface area (Å²) >= 11 is 2.08. The highest BCUT2D eigenvalue weighted by atomic mass is 32.2. The smallest absolute Gasteiger partial charge is 0.0964 e. The zero-order valence-corrected chi connectivity index (χ0v) is 13.7. The molecule has 0 aromatic carbocycles. The molecule has 0 spiro atoms. The van der Waals surface area contributed by atoms with Gasteiger partial charge < -0.3 is 5.32 Å². The van der Waals surface area contributed by atoms with Gasteiger partial charge in [-0.15, -0.1) is 5.10 Å². The molecule has 1 fully saturated rings. The summed E-state index contributed by atoms with van der Waals surface area (Å²) in [6.07, 6.45) is 3.21. The molecule has 2 rings (SSSR count). The SMILES string of the molecule is CCCNCc1cn(CCN2CCSC(C)(C)C2)nn1. The van der Waals surface area contributed by atoms with Gasteiger partial charge in [0.15, 0.2) is 0 Å². The van der Waals surface area contributed by atoms with Gasteiger partial charge in [0.05, 0.1) is 12.2 Å². The van der Waals surface area contributed by atoms with Gasteiger partial charge in [0.1, 0.15) is 0 Å². The molecule has 1 N–H and O–H groups in total. The van der Waals surface area contributed by atoms with Crippen LogP contribution in [-0.2, 0) is 13.1 Å². The van der Waals surface area contributed by atoms with Crippen molar-refractivity contribution in [3.8, 4) is 0 Å². The fourth-order valence-electron chi connectivity index (χ4n) is 2.47. The van der Waals surface area contributed by atoms with E-state index in [1.807, 2.05) is 4.68 Å². The lowest BCUT2D eigenvalue weighted by molar-refractivity contribution is 0.246. The number of hydrogen-bond acceptors (Lipinski definition) is 5. The average Bonchev–Trinajstić information content (AvgIpc) is 2.84. The summed E-state index contributed by atoms with van der Waals surface area (Å²) in [7, 11) is 0. The zero-order chi connectivity index (χ0) is 14.4. The molecule has 0 saturated carbocycles. The molecule has 0 atom stereocenters. The Labute approximate surface area is 126 Å². The van der Waals surface area contributed by atoms with Crippen molar-refractivity contribution in [2.45, 2.75) is 45.0 Å². The lowest BCUT2D eigenvalue weighted by Gasteiger charge is -2.37. The van der Waals surface area contributed by atoms with E-state index in [9.17, 15) is 0 Å². The molecule has 6 heteroatoms. The monoisotopic (exact) mass is 297 g/mol. The van der Waals surface area contributed by atoms with Crippen LogP contribution in [0.4, 0.5) is 0 Å².